The smallest absolute Gasteiger partial charge is 0.318 e. The van der Waals surface area contributed by atoms with Gasteiger partial charge in [0, 0.05) is 26.1 Å². The van der Waals surface area contributed by atoms with Gasteiger partial charge in [-0.3, -0.25) is 4.79 Å². The summed E-state index contributed by atoms with van der Waals surface area (Å²) in [7, 11) is 0. The zero-order valence-electron chi connectivity index (χ0n) is 23.4. The van der Waals surface area contributed by atoms with Crippen molar-refractivity contribution >= 4 is 24.7 Å². The molecule has 0 spiro atoms. The number of amides is 3. The van der Waals surface area contributed by atoms with E-state index >= 15 is 0 Å². The summed E-state index contributed by atoms with van der Waals surface area (Å²) in [5.74, 6) is -2.04. The van der Waals surface area contributed by atoms with Gasteiger partial charge >= 0.3 is 6.03 Å². The van der Waals surface area contributed by atoms with Crippen molar-refractivity contribution in [1.29, 1.82) is 0 Å². The Morgan fingerprint density at radius 1 is 1.22 bits per heavy atom. The largest absolute Gasteiger partial charge is 0.342 e. The van der Waals surface area contributed by atoms with Crippen LogP contribution in [0.4, 0.5) is 13.6 Å². The topological polar surface area (TPSA) is 131 Å². The van der Waals surface area contributed by atoms with Gasteiger partial charge in [-0.2, -0.15) is 5.10 Å². The Kier molecular flexibility index (Phi) is 7.14. The van der Waals surface area contributed by atoms with Crippen molar-refractivity contribution in [2.75, 3.05) is 6.54 Å². The normalized spacial score (nSPS) is 24.7. The molecular formula is C28H36F2N8O3. The van der Waals surface area contributed by atoms with Crippen LogP contribution >= 0.6 is 0 Å². The van der Waals surface area contributed by atoms with Crippen LogP contribution in [-0.2, 0) is 0 Å². The van der Waals surface area contributed by atoms with Crippen LogP contribution in [0.1, 0.15) is 92.0 Å². The first-order chi connectivity index (χ1) is 19.6. The molecular weight excluding hydrogens is 534 g/mol. The van der Waals surface area contributed by atoms with Crippen molar-refractivity contribution < 1.29 is 23.0 Å². The molecule has 0 bridgehead atoms. The van der Waals surface area contributed by atoms with Gasteiger partial charge in [0.2, 0.25) is 5.92 Å². The van der Waals surface area contributed by atoms with E-state index in [1.165, 1.54) is 4.68 Å². The molecule has 41 heavy (non-hydrogen) atoms. The first kappa shape index (κ1) is 27.5. The number of rotatable bonds is 10. The lowest BCUT2D eigenvalue weighted by Crippen LogP contribution is -2.40. The minimum atomic E-state index is -2.72. The SMILES string of the molecule is C=Nn1cc(C(NC(=O)c2nonc2C)C2CCC(F)(F)CC2)nc1/C=C(\C)C(C1CC1)N1CC(C2CC2)NC1=O. The van der Waals surface area contributed by atoms with Gasteiger partial charge in [-0.1, -0.05) is 5.16 Å². The second kappa shape index (κ2) is 10.6. The number of halogens is 2. The van der Waals surface area contributed by atoms with Gasteiger partial charge in [0.15, 0.2) is 11.5 Å². The Morgan fingerprint density at radius 2 is 1.95 bits per heavy atom. The molecule has 6 rings (SSSR count). The summed E-state index contributed by atoms with van der Waals surface area (Å²) in [5.41, 5.74) is 1.84. The second-order valence-corrected chi connectivity index (χ2v) is 12.1. The summed E-state index contributed by atoms with van der Waals surface area (Å²) < 4.78 is 34.3. The van der Waals surface area contributed by atoms with E-state index in [1.54, 1.807) is 13.1 Å². The Morgan fingerprint density at radius 3 is 2.56 bits per heavy atom. The van der Waals surface area contributed by atoms with Gasteiger partial charge in [0.1, 0.15) is 5.69 Å². The summed E-state index contributed by atoms with van der Waals surface area (Å²) in [4.78, 5) is 32.8. The van der Waals surface area contributed by atoms with Gasteiger partial charge in [0.05, 0.1) is 30.0 Å². The number of nitrogens with one attached hydrogen (secondary N) is 2. The Bertz CT molecular complexity index is 1350. The third-order valence-corrected chi connectivity index (χ3v) is 8.97. The van der Waals surface area contributed by atoms with E-state index < -0.39 is 17.9 Å². The highest BCUT2D eigenvalue weighted by Crippen LogP contribution is 2.43. The standard InChI is InChI=1S/C28H36F2N8O3/c1-15(25(19-6-7-19)37-13-20(17-4-5-17)33-27(37)40)12-22-32-21(14-38(22)31-3)24(18-8-10-28(29,30)11-9-18)34-26(39)23-16(2)35-41-36-23/h12,14,17-20,24-25H,3-11,13H2,1-2H3,(H,33,40)(H,34,39)/b15-12+. The number of alkyl halides is 2. The van der Waals surface area contributed by atoms with E-state index in [2.05, 4.69) is 37.4 Å². The molecule has 3 atom stereocenters. The monoisotopic (exact) mass is 570 g/mol. The maximum Gasteiger partial charge on any atom is 0.318 e. The summed E-state index contributed by atoms with van der Waals surface area (Å²) in [6.45, 7) is 8.00. The van der Waals surface area contributed by atoms with E-state index in [4.69, 9.17) is 4.98 Å². The molecule has 4 aliphatic rings. The van der Waals surface area contributed by atoms with Gasteiger partial charge < -0.3 is 15.5 Å². The predicted octanol–water partition coefficient (Wildman–Crippen LogP) is 4.32. The molecule has 4 fully saturated rings. The lowest BCUT2D eigenvalue weighted by molar-refractivity contribution is -0.0495. The van der Waals surface area contributed by atoms with Crippen LogP contribution < -0.4 is 10.6 Å². The Hall–Kier alpha value is -3.64. The summed E-state index contributed by atoms with van der Waals surface area (Å²) in [5, 5.41) is 17.6. The van der Waals surface area contributed by atoms with Gasteiger partial charge in [-0.15, -0.1) is 0 Å². The summed E-state index contributed by atoms with van der Waals surface area (Å²) in [6, 6.07) is -0.522. The molecule has 3 aliphatic carbocycles. The summed E-state index contributed by atoms with van der Waals surface area (Å²) in [6.07, 6.45) is 7.96. The van der Waals surface area contributed by atoms with Crippen molar-refractivity contribution in [3.63, 3.8) is 0 Å². The zero-order chi connectivity index (χ0) is 28.9. The fourth-order valence-electron chi connectivity index (χ4n) is 6.40. The first-order valence-corrected chi connectivity index (χ1v) is 14.4. The zero-order valence-corrected chi connectivity index (χ0v) is 23.4. The van der Waals surface area contributed by atoms with Crippen LogP contribution in [-0.4, -0.2) is 68.1 Å². The van der Waals surface area contributed by atoms with Crippen molar-refractivity contribution in [3.8, 4) is 0 Å². The molecule has 1 saturated heterocycles. The number of aryl methyl sites for hydroxylation is 1. The van der Waals surface area contributed by atoms with E-state index in [0.717, 1.165) is 31.3 Å². The molecule has 1 aliphatic heterocycles. The van der Waals surface area contributed by atoms with Crippen molar-refractivity contribution in [2.24, 2.45) is 22.9 Å². The van der Waals surface area contributed by atoms with Crippen LogP contribution in [0.25, 0.3) is 6.08 Å². The fraction of sp³-hybridized carbons (Fsp3) is 0.643. The molecule has 0 aromatic carbocycles. The highest BCUT2D eigenvalue weighted by molar-refractivity contribution is 5.93. The number of imidazole rings is 1. The van der Waals surface area contributed by atoms with Gasteiger partial charge in [-0.25, -0.2) is 27.9 Å². The number of hydrogen-bond donors (Lipinski definition) is 2. The molecule has 3 heterocycles. The second-order valence-electron chi connectivity index (χ2n) is 12.1. The van der Waals surface area contributed by atoms with Crippen LogP contribution in [0.15, 0.2) is 21.5 Å². The van der Waals surface area contributed by atoms with Gasteiger partial charge in [0.25, 0.3) is 5.91 Å². The average Bonchev–Trinajstić information content (AvgIpc) is 3.84. The lowest BCUT2D eigenvalue weighted by atomic mass is 9.81. The maximum absolute atomic E-state index is 14.0. The van der Waals surface area contributed by atoms with E-state index in [1.807, 2.05) is 17.9 Å². The van der Waals surface area contributed by atoms with Gasteiger partial charge in [-0.05, 0) is 86.9 Å². The quantitative estimate of drug-likeness (QED) is 0.409. The van der Waals surface area contributed by atoms with Crippen molar-refractivity contribution in [3.05, 3.63) is 34.7 Å². The van der Waals surface area contributed by atoms with Crippen LogP contribution in [0.2, 0.25) is 0 Å². The Labute approximate surface area is 236 Å². The molecule has 13 heteroatoms. The number of carbonyl (C=O) groups is 2. The molecule has 2 aromatic rings. The fourth-order valence-corrected chi connectivity index (χ4v) is 6.40. The van der Waals surface area contributed by atoms with Crippen molar-refractivity contribution in [2.45, 2.75) is 89.3 Å². The van der Waals surface area contributed by atoms with Crippen molar-refractivity contribution in [1.82, 2.24) is 35.5 Å². The molecule has 3 saturated carbocycles. The number of hydrogen-bond acceptors (Lipinski definition) is 7. The molecule has 2 aromatic heterocycles. The third-order valence-electron chi connectivity index (χ3n) is 8.97. The minimum absolute atomic E-state index is 0.0213. The Balaban J connectivity index is 1.28. The molecule has 0 radical (unpaired) electrons. The lowest BCUT2D eigenvalue weighted by Gasteiger charge is -2.33. The van der Waals surface area contributed by atoms with E-state index in [9.17, 15) is 18.4 Å². The highest BCUT2D eigenvalue weighted by Gasteiger charge is 2.46. The minimum Gasteiger partial charge on any atom is -0.342 e. The molecule has 220 valence electrons. The molecule has 3 amide bonds. The van der Waals surface area contributed by atoms with E-state index in [0.29, 0.717) is 35.6 Å². The highest BCUT2D eigenvalue weighted by atomic mass is 19.3. The van der Waals surface area contributed by atoms with Crippen LogP contribution in [0.3, 0.4) is 0 Å². The number of carbonyl (C=O) groups excluding carboxylic acids is 2. The molecule has 3 unspecified atom stereocenters. The first-order valence-electron chi connectivity index (χ1n) is 14.4. The van der Waals surface area contributed by atoms with Crippen LogP contribution in [0, 0.1) is 24.7 Å². The average molecular weight is 571 g/mol. The predicted molar refractivity (Wildman–Crippen MR) is 145 cm³/mol. The third kappa shape index (κ3) is 5.76. The maximum atomic E-state index is 14.0. The molecule has 11 nitrogen and oxygen atoms in total. The van der Waals surface area contributed by atoms with Crippen LogP contribution in [0.5, 0.6) is 0 Å². The van der Waals surface area contributed by atoms with E-state index in [-0.39, 0.29) is 55.4 Å². The number of urea groups is 1. The molecule has 2 N–H and O–H groups in total. The number of aromatic nitrogens is 4. The number of nitrogens with zero attached hydrogens (tertiary/aromatic N) is 6. The summed E-state index contributed by atoms with van der Waals surface area (Å²) >= 11 is 0.